The minimum atomic E-state index is -0.743. The van der Waals surface area contributed by atoms with Crippen molar-refractivity contribution in [2.75, 3.05) is 6.61 Å². The van der Waals surface area contributed by atoms with E-state index in [-0.39, 0.29) is 11.0 Å². The number of nitrogens with two attached hydrogens (primary N) is 1. The minimum Gasteiger partial charge on any atom is -0.477 e. The molecule has 2 aromatic rings. The molecule has 2 aromatic heterocycles. The lowest BCUT2D eigenvalue weighted by molar-refractivity contribution is -0.114. The highest BCUT2D eigenvalue weighted by molar-refractivity contribution is 5.96. The number of hydrogen-bond donors (Lipinski definition) is 2. The molecule has 7 heteroatoms. The van der Waals surface area contributed by atoms with E-state index in [1.54, 1.807) is 12.3 Å². The predicted molar refractivity (Wildman–Crippen MR) is 85.4 cm³/mol. The van der Waals surface area contributed by atoms with Crippen molar-refractivity contribution in [1.29, 1.82) is 5.26 Å². The van der Waals surface area contributed by atoms with Gasteiger partial charge in [0.25, 0.3) is 5.91 Å². The molecule has 0 aliphatic carbocycles. The van der Waals surface area contributed by atoms with E-state index in [2.05, 4.69) is 35.7 Å². The lowest BCUT2D eigenvalue weighted by Crippen LogP contribution is -2.17. The Kier molecular flexibility index (Phi) is 4.65. The fraction of sp³-hybridized carbons (Fsp3) is 0.375. The van der Waals surface area contributed by atoms with Crippen LogP contribution in [-0.4, -0.2) is 27.5 Å². The molecule has 7 nitrogen and oxygen atoms in total. The van der Waals surface area contributed by atoms with Gasteiger partial charge in [0.2, 0.25) is 5.88 Å². The Morgan fingerprint density at radius 3 is 2.83 bits per heavy atom. The van der Waals surface area contributed by atoms with E-state index in [4.69, 9.17) is 15.7 Å². The Morgan fingerprint density at radius 2 is 2.22 bits per heavy atom. The molecule has 0 aromatic carbocycles. The number of aromatic amines is 1. The van der Waals surface area contributed by atoms with Crippen molar-refractivity contribution in [2.24, 2.45) is 11.1 Å². The number of ether oxygens (including phenoxy) is 1. The van der Waals surface area contributed by atoms with E-state index in [1.807, 2.05) is 0 Å². The Hall–Kier alpha value is -2.88. The molecule has 23 heavy (non-hydrogen) atoms. The average molecular weight is 313 g/mol. The van der Waals surface area contributed by atoms with Crippen LogP contribution in [0.4, 0.5) is 0 Å². The van der Waals surface area contributed by atoms with Crippen LogP contribution in [-0.2, 0) is 11.2 Å². The molecule has 0 fully saturated rings. The van der Waals surface area contributed by atoms with Crippen LogP contribution in [0.25, 0.3) is 11.0 Å². The van der Waals surface area contributed by atoms with Crippen molar-refractivity contribution in [3.8, 4) is 11.9 Å². The SMILES string of the molecule is CC(C)(C)COc1ncnc2[nH]cc(C/C=C(\C#N)C(N)=O)c12. The van der Waals surface area contributed by atoms with Gasteiger partial charge in [0.1, 0.15) is 23.6 Å². The van der Waals surface area contributed by atoms with Gasteiger partial charge in [0, 0.05) is 6.20 Å². The van der Waals surface area contributed by atoms with E-state index in [1.165, 1.54) is 12.4 Å². The van der Waals surface area contributed by atoms with Gasteiger partial charge in [-0.2, -0.15) is 5.26 Å². The quantitative estimate of drug-likeness (QED) is 0.645. The lowest BCUT2D eigenvalue weighted by atomic mass is 9.99. The molecule has 3 N–H and O–H groups in total. The summed E-state index contributed by atoms with van der Waals surface area (Å²) in [4.78, 5) is 22.5. The molecule has 0 bridgehead atoms. The number of hydrogen-bond acceptors (Lipinski definition) is 5. The molecule has 0 spiro atoms. The van der Waals surface area contributed by atoms with E-state index < -0.39 is 5.91 Å². The summed E-state index contributed by atoms with van der Waals surface area (Å²) in [5.74, 6) is -0.264. The van der Waals surface area contributed by atoms with E-state index >= 15 is 0 Å². The van der Waals surface area contributed by atoms with Crippen LogP contribution in [0.3, 0.4) is 0 Å². The average Bonchev–Trinajstić information content (AvgIpc) is 2.88. The number of carbonyl (C=O) groups excluding carboxylic acids is 1. The van der Waals surface area contributed by atoms with Crippen molar-refractivity contribution < 1.29 is 9.53 Å². The number of H-pyrrole nitrogens is 1. The smallest absolute Gasteiger partial charge is 0.259 e. The summed E-state index contributed by atoms with van der Waals surface area (Å²) in [5, 5.41) is 9.64. The third-order valence-electron chi connectivity index (χ3n) is 3.07. The number of amides is 1. The van der Waals surface area contributed by atoms with Crippen LogP contribution < -0.4 is 10.5 Å². The number of aromatic nitrogens is 3. The highest BCUT2D eigenvalue weighted by atomic mass is 16.5. The first-order chi connectivity index (χ1) is 10.8. The third-order valence-corrected chi connectivity index (χ3v) is 3.07. The van der Waals surface area contributed by atoms with Crippen molar-refractivity contribution >= 4 is 16.9 Å². The molecular formula is C16H19N5O2. The molecular weight excluding hydrogens is 294 g/mol. The minimum absolute atomic E-state index is 0.00636. The summed E-state index contributed by atoms with van der Waals surface area (Å²) >= 11 is 0. The Bertz CT molecular complexity index is 793. The second-order valence-electron chi connectivity index (χ2n) is 6.36. The number of nitrogens with zero attached hydrogens (tertiary/aromatic N) is 3. The molecule has 0 unspecified atom stereocenters. The van der Waals surface area contributed by atoms with Crippen LogP contribution in [0.1, 0.15) is 26.3 Å². The monoisotopic (exact) mass is 313 g/mol. The summed E-state index contributed by atoms with van der Waals surface area (Å²) in [5.41, 5.74) is 6.53. The number of rotatable bonds is 5. The van der Waals surface area contributed by atoms with Gasteiger partial charge in [-0.15, -0.1) is 0 Å². The second kappa shape index (κ2) is 6.48. The maximum absolute atomic E-state index is 11.1. The van der Waals surface area contributed by atoms with E-state index in [0.29, 0.717) is 24.6 Å². The van der Waals surface area contributed by atoms with Crippen LogP contribution in [0.15, 0.2) is 24.2 Å². The molecule has 1 amide bonds. The molecule has 0 atom stereocenters. The van der Waals surface area contributed by atoms with Crippen molar-refractivity contribution in [3.05, 3.63) is 29.7 Å². The Morgan fingerprint density at radius 1 is 1.48 bits per heavy atom. The molecule has 0 aliphatic rings. The second-order valence-corrected chi connectivity index (χ2v) is 6.36. The van der Waals surface area contributed by atoms with Gasteiger partial charge >= 0.3 is 0 Å². The first kappa shape index (κ1) is 16.5. The zero-order valence-electron chi connectivity index (χ0n) is 13.4. The predicted octanol–water partition coefficient (Wildman–Crippen LogP) is 1.86. The summed E-state index contributed by atoms with van der Waals surface area (Å²) in [6.07, 6.45) is 5.03. The molecule has 0 aliphatic heterocycles. The van der Waals surface area contributed by atoms with Gasteiger partial charge in [-0.05, 0) is 17.4 Å². The van der Waals surface area contributed by atoms with Crippen LogP contribution in [0.2, 0.25) is 0 Å². The topological polar surface area (TPSA) is 118 Å². The largest absolute Gasteiger partial charge is 0.477 e. The lowest BCUT2D eigenvalue weighted by Gasteiger charge is -2.18. The highest BCUT2D eigenvalue weighted by Gasteiger charge is 2.16. The van der Waals surface area contributed by atoms with Crippen LogP contribution in [0.5, 0.6) is 5.88 Å². The molecule has 120 valence electrons. The van der Waals surface area contributed by atoms with E-state index in [0.717, 1.165) is 10.9 Å². The van der Waals surface area contributed by atoms with Crippen molar-refractivity contribution in [1.82, 2.24) is 15.0 Å². The number of carbonyl (C=O) groups is 1. The fourth-order valence-corrected chi connectivity index (χ4v) is 1.96. The van der Waals surface area contributed by atoms with Crippen molar-refractivity contribution in [3.63, 3.8) is 0 Å². The van der Waals surface area contributed by atoms with Crippen LogP contribution >= 0.6 is 0 Å². The summed E-state index contributed by atoms with van der Waals surface area (Å²) in [7, 11) is 0. The summed E-state index contributed by atoms with van der Waals surface area (Å²) in [6.45, 7) is 6.71. The molecule has 2 heterocycles. The Labute approximate surface area is 134 Å². The molecule has 0 saturated carbocycles. The van der Waals surface area contributed by atoms with E-state index in [9.17, 15) is 4.79 Å². The number of nitriles is 1. The number of primary amides is 1. The zero-order chi connectivity index (χ0) is 17.0. The normalized spacial score (nSPS) is 12.2. The molecule has 2 rings (SSSR count). The standard InChI is InChI=1S/C16H19N5O2/c1-16(2,3)8-23-15-12-11(5-4-10(6-17)13(18)22)7-19-14(12)20-9-21-15/h4,7,9H,5,8H2,1-3H3,(H2,18,22)(H,19,20,21)/b10-4+. The zero-order valence-corrected chi connectivity index (χ0v) is 13.4. The van der Waals surface area contributed by atoms with Gasteiger partial charge in [0.15, 0.2) is 0 Å². The highest BCUT2D eigenvalue weighted by Crippen LogP contribution is 2.27. The maximum atomic E-state index is 11.1. The summed E-state index contributed by atoms with van der Waals surface area (Å²) in [6, 6.07) is 1.79. The molecule has 0 saturated heterocycles. The maximum Gasteiger partial charge on any atom is 0.259 e. The van der Waals surface area contributed by atoms with Crippen LogP contribution in [0, 0.1) is 16.7 Å². The number of fused-ring (bicyclic) bond motifs is 1. The first-order valence-corrected chi connectivity index (χ1v) is 7.15. The van der Waals surface area contributed by atoms with Gasteiger partial charge in [0.05, 0.1) is 12.0 Å². The Balaban J connectivity index is 2.35. The van der Waals surface area contributed by atoms with Crippen molar-refractivity contribution in [2.45, 2.75) is 27.2 Å². The first-order valence-electron chi connectivity index (χ1n) is 7.15. The molecule has 0 radical (unpaired) electrons. The van der Waals surface area contributed by atoms with Gasteiger partial charge in [-0.1, -0.05) is 26.8 Å². The number of nitrogens with one attached hydrogen (secondary N) is 1. The number of allylic oxidation sites excluding steroid dienone is 1. The van der Waals surface area contributed by atoms with Gasteiger partial charge in [-0.25, -0.2) is 9.97 Å². The third kappa shape index (κ3) is 4.07. The summed E-state index contributed by atoms with van der Waals surface area (Å²) < 4.78 is 5.81. The van der Waals surface area contributed by atoms with Gasteiger partial charge < -0.3 is 15.5 Å². The van der Waals surface area contributed by atoms with Gasteiger partial charge in [-0.3, -0.25) is 4.79 Å². The fourth-order valence-electron chi connectivity index (χ4n) is 1.96.